The summed E-state index contributed by atoms with van der Waals surface area (Å²) in [5, 5.41) is 3.21. The summed E-state index contributed by atoms with van der Waals surface area (Å²) in [6, 6.07) is 11.7. The molecule has 172 valence electrons. The largest absolute Gasteiger partial charge is 0.453 e. The number of halogens is 1. The molecule has 32 heavy (non-hydrogen) atoms. The maximum Gasteiger partial charge on any atom is 0.306 e. The first kappa shape index (κ1) is 24.2. The van der Waals surface area contributed by atoms with Gasteiger partial charge in [0.2, 0.25) is 10.0 Å². The van der Waals surface area contributed by atoms with Gasteiger partial charge in [0.05, 0.1) is 4.90 Å². The monoisotopic (exact) mass is 478 g/mol. The van der Waals surface area contributed by atoms with Crippen molar-refractivity contribution in [3.63, 3.8) is 0 Å². The molecule has 0 saturated carbocycles. The lowest BCUT2D eigenvalue weighted by Crippen LogP contribution is -2.30. The number of esters is 1. The zero-order valence-electron chi connectivity index (χ0n) is 18.1. The highest BCUT2D eigenvalue weighted by molar-refractivity contribution is 7.89. The maximum absolute atomic E-state index is 12.6. The normalized spacial score (nSPS) is 15.3. The van der Waals surface area contributed by atoms with Crippen molar-refractivity contribution < 1.29 is 22.7 Å². The summed E-state index contributed by atoms with van der Waals surface area (Å²) >= 11 is 5.96. The first-order valence-corrected chi connectivity index (χ1v) is 12.3. The molecule has 7 nitrogen and oxygen atoms in total. The molecule has 1 unspecified atom stereocenters. The van der Waals surface area contributed by atoms with Crippen LogP contribution in [0, 0.1) is 6.92 Å². The van der Waals surface area contributed by atoms with E-state index in [1.807, 2.05) is 6.92 Å². The van der Waals surface area contributed by atoms with E-state index < -0.39 is 28.0 Å². The van der Waals surface area contributed by atoms with Gasteiger partial charge in [-0.05, 0) is 68.5 Å². The Hall–Kier alpha value is -2.42. The van der Waals surface area contributed by atoms with Crippen LogP contribution in [0.5, 0.6) is 0 Å². The molecule has 3 rings (SSSR count). The van der Waals surface area contributed by atoms with Crippen molar-refractivity contribution in [1.29, 1.82) is 0 Å². The third kappa shape index (κ3) is 6.09. The van der Waals surface area contributed by atoms with Gasteiger partial charge in [-0.2, -0.15) is 4.31 Å². The number of ether oxygens (including phenoxy) is 1. The lowest BCUT2D eigenvalue weighted by Gasteiger charge is -2.16. The minimum Gasteiger partial charge on any atom is -0.453 e. The molecule has 1 atom stereocenters. The highest BCUT2D eigenvalue weighted by atomic mass is 35.5. The molecule has 1 aliphatic heterocycles. The van der Waals surface area contributed by atoms with E-state index in [9.17, 15) is 18.0 Å². The molecule has 9 heteroatoms. The van der Waals surface area contributed by atoms with Crippen molar-refractivity contribution in [2.45, 2.75) is 50.5 Å². The van der Waals surface area contributed by atoms with Crippen molar-refractivity contribution in [1.82, 2.24) is 4.31 Å². The topological polar surface area (TPSA) is 92.8 Å². The number of amides is 1. The SMILES string of the molecule is Cc1ccc(Cl)cc1NC(=O)C(C)OC(=O)CCc1ccc(S(=O)(=O)N2CCCC2)cc1. The molecule has 0 radical (unpaired) electrons. The molecular weight excluding hydrogens is 452 g/mol. The summed E-state index contributed by atoms with van der Waals surface area (Å²) in [4.78, 5) is 24.8. The predicted molar refractivity (Wildman–Crippen MR) is 123 cm³/mol. The Morgan fingerprint density at radius 3 is 2.44 bits per heavy atom. The standard InChI is InChI=1S/C23H27ClN2O5S/c1-16-5-9-19(24)15-21(16)25-23(28)17(2)31-22(27)12-8-18-6-10-20(11-7-18)32(29,30)26-13-3-4-14-26/h5-7,9-11,15,17H,3-4,8,12-14H2,1-2H3,(H,25,28). The predicted octanol–water partition coefficient (Wildman–Crippen LogP) is 3.94. The summed E-state index contributed by atoms with van der Waals surface area (Å²) in [5.74, 6) is -0.954. The van der Waals surface area contributed by atoms with Crippen molar-refractivity contribution >= 4 is 39.2 Å². The van der Waals surface area contributed by atoms with Gasteiger partial charge in [-0.25, -0.2) is 8.42 Å². The van der Waals surface area contributed by atoms with Gasteiger partial charge < -0.3 is 10.1 Å². The van der Waals surface area contributed by atoms with Crippen LogP contribution < -0.4 is 5.32 Å². The van der Waals surface area contributed by atoms with Gasteiger partial charge in [0.25, 0.3) is 5.91 Å². The zero-order chi connectivity index (χ0) is 23.3. The zero-order valence-corrected chi connectivity index (χ0v) is 19.7. The van der Waals surface area contributed by atoms with Gasteiger partial charge in [0.15, 0.2) is 6.10 Å². The van der Waals surface area contributed by atoms with E-state index >= 15 is 0 Å². The van der Waals surface area contributed by atoms with Gasteiger partial charge in [0.1, 0.15) is 0 Å². The summed E-state index contributed by atoms with van der Waals surface area (Å²) in [6.45, 7) is 4.45. The Kier molecular flexibility index (Phi) is 7.92. The molecule has 1 fully saturated rings. The van der Waals surface area contributed by atoms with Crippen LogP contribution in [0.2, 0.25) is 5.02 Å². The van der Waals surface area contributed by atoms with Crippen LogP contribution in [0.4, 0.5) is 5.69 Å². The Bertz CT molecular complexity index is 1080. The van der Waals surface area contributed by atoms with E-state index in [1.165, 1.54) is 11.2 Å². The molecule has 0 aliphatic carbocycles. The van der Waals surface area contributed by atoms with Crippen LogP contribution in [0.25, 0.3) is 0 Å². The number of hydrogen-bond donors (Lipinski definition) is 1. The smallest absolute Gasteiger partial charge is 0.306 e. The maximum atomic E-state index is 12.6. The number of hydrogen-bond acceptors (Lipinski definition) is 5. The van der Waals surface area contributed by atoms with Crippen molar-refractivity contribution in [3.05, 3.63) is 58.6 Å². The van der Waals surface area contributed by atoms with E-state index in [4.69, 9.17) is 16.3 Å². The van der Waals surface area contributed by atoms with E-state index in [1.54, 1.807) is 42.5 Å². The average Bonchev–Trinajstić information content (AvgIpc) is 3.31. The summed E-state index contributed by atoms with van der Waals surface area (Å²) in [7, 11) is -3.45. The number of carbonyl (C=O) groups is 2. The number of sulfonamides is 1. The Labute approximate surface area is 193 Å². The highest BCUT2D eigenvalue weighted by Crippen LogP contribution is 2.22. The van der Waals surface area contributed by atoms with Crippen molar-refractivity contribution in [2.75, 3.05) is 18.4 Å². The molecule has 0 aromatic heterocycles. The van der Waals surface area contributed by atoms with E-state index in [0.29, 0.717) is 30.2 Å². The van der Waals surface area contributed by atoms with Crippen LogP contribution in [0.15, 0.2) is 47.4 Å². The summed E-state index contributed by atoms with van der Waals surface area (Å²) in [6.07, 6.45) is 1.26. The second kappa shape index (κ2) is 10.5. The fourth-order valence-corrected chi connectivity index (χ4v) is 5.11. The van der Waals surface area contributed by atoms with Crippen LogP contribution in [0.1, 0.15) is 37.3 Å². The van der Waals surface area contributed by atoms with Crippen LogP contribution in [-0.2, 0) is 30.8 Å². The van der Waals surface area contributed by atoms with Crippen LogP contribution >= 0.6 is 11.6 Å². The Morgan fingerprint density at radius 2 is 1.78 bits per heavy atom. The number of nitrogens with zero attached hydrogens (tertiary/aromatic N) is 1. The molecule has 2 aromatic rings. The quantitative estimate of drug-likeness (QED) is 0.580. The molecule has 1 amide bonds. The Morgan fingerprint density at radius 1 is 1.12 bits per heavy atom. The molecular formula is C23H27ClN2O5S. The fraction of sp³-hybridized carbons (Fsp3) is 0.391. The molecule has 0 spiro atoms. The first-order valence-electron chi connectivity index (χ1n) is 10.5. The number of nitrogens with one attached hydrogen (secondary N) is 1. The number of aryl methyl sites for hydroxylation is 2. The summed E-state index contributed by atoms with van der Waals surface area (Å²) in [5.41, 5.74) is 2.22. The fourth-order valence-electron chi connectivity index (χ4n) is 3.42. The number of anilines is 1. The third-order valence-electron chi connectivity index (χ3n) is 5.38. The molecule has 1 N–H and O–H groups in total. The summed E-state index contributed by atoms with van der Waals surface area (Å²) < 4.78 is 31.9. The van der Waals surface area contributed by atoms with Gasteiger partial charge in [0, 0.05) is 30.2 Å². The number of benzene rings is 2. The van der Waals surface area contributed by atoms with Crippen molar-refractivity contribution in [3.8, 4) is 0 Å². The van der Waals surface area contributed by atoms with Gasteiger partial charge in [-0.3, -0.25) is 9.59 Å². The lowest BCUT2D eigenvalue weighted by molar-refractivity contribution is -0.153. The van der Waals surface area contributed by atoms with E-state index in [0.717, 1.165) is 24.0 Å². The third-order valence-corrected chi connectivity index (χ3v) is 7.53. The minimum absolute atomic E-state index is 0.0754. The number of rotatable bonds is 8. The molecule has 1 saturated heterocycles. The Balaban J connectivity index is 1.49. The number of carbonyl (C=O) groups excluding carboxylic acids is 2. The van der Waals surface area contributed by atoms with Gasteiger partial charge in [-0.15, -0.1) is 0 Å². The van der Waals surface area contributed by atoms with Gasteiger partial charge >= 0.3 is 5.97 Å². The van der Waals surface area contributed by atoms with Gasteiger partial charge in [-0.1, -0.05) is 29.8 Å². The van der Waals surface area contributed by atoms with Crippen molar-refractivity contribution in [2.24, 2.45) is 0 Å². The van der Waals surface area contributed by atoms with E-state index in [2.05, 4.69) is 5.32 Å². The first-order chi connectivity index (χ1) is 15.2. The van der Waals surface area contributed by atoms with Crippen LogP contribution in [0.3, 0.4) is 0 Å². The highest BCUT2D eigenvalue weighted by Gasteiger charge is 2.27. The van der Waals surface area contributed by atoms with Crippen LogP contribution in [-0.4, -0.2) is 43.8 Å². The molecule has 2 aromatic carbocycles. The second-order valence-electron chi connectivity index (χ2n) is 7.84. The average molecular weight is 479 g/mol. The second-order valence-corrected chi connectivity index (χ2v) is 10.2. The molecule has 1 aliphatic rings. The minimum atomic E-state index is -3.45. The lowest BCUT2D eigenvalue weighted by atomic mass is 10.1. The molecule has 0 bridgehead atoms. The molecule has 1 heterocycles. The van der Waals surface area contributed by atoms with E-state index in [-0.39, 0.29) is 11.3 Å².